The van der Waals surface area contributed by atoms with Crippen LogP contribution in [0, 0.1) is 19.8 Å². The van der Waals surface area contributed by atoms with Gasteiger partial charge < -0.3 is 9.32 Å². The number of aromatic nitrogens is 1. The molecule has 3 fully saturated rings. The largest absolute Gasteiger partial charge is 0.466 e. The van der Waals surface area contributed by atoms with Gasteiger partial charge in [-0.25, -0.2) is 4.98 Å². The highest BCUT2D eigenvalue weighted by Gasteiger charge is 2.38. The molecule has 0 aromatic carbocycles. The molecule has 3 aliphatic rings. The molecule has 2 atom stereocenters. The summed E-state index contributed by atoms with van der Waals surface area (Å²) in [6.45, 7) is 7.53. The zero-order chi connectivity index (χ0) is 16.7. The van der Waals surface area contributed by atoms with E-state index in [9.17, 15) is 4.79 Å². The van der Waals surface area contributed by atoms with E-state index in [4.69, 9.17) is 4.42 Å². The highest BCUT2D eigenvalue weighted by atomic mass is 32.1. The van der Waals surface area contributed by atoms with E-state index in [1.54, 1.807) is 11.3 Å². The number of nitrogens with zero attached hydrogens (tertiary/aromatic N) is 3. The predicted molar refractivity (Wildman–Crippen MR) is 93.1 cm³/mol. The maximum Gasteiger partial charge on any atom is 0.257 e. The number of furan rings is 1. The van der Waals surface area contributed by atoms with Gasteiger partial charge in [0.05, 0.1) is 16.8 Å². The van der Waals surface area contributed by atoms with Crippen LogP contribution in [0.25, 0.3) is 0 Å². The average Bonchev–Trinajstić information content (AvgIpc) is 3.07. The summed E-state index contributed by atoms with van der Waals surface area (Å²) >= 11 is 1.64. The van der Waals surface area contributed by atoms with Gasteiger partial charge in [0.1, 0.15) is 11.5 Å². The Hall–Kier alpha value is -1.66. The number of piperidine rings is 1. The van der Waals surface area contributed by atoms with Crippen molar-refractivity contribution in [1.82, 2.24) is 14.8 Å². The molecule has 5 rings (SSSR count). The smallest absolute Gasteiger partial charge is 0.257 e. The van der Waals surface area contributed by atoms with Gasteiger partial charge in [0.15, 0.2) is 0 Å². The molecule has 2 aromatic heterocycles. The van der Waals surface area contributed by atoms with Crippen LogP contribution in [0.5, 0.6) is 0 Å². The summed E-state index contributed by atoms with van der Waals surface area (Å²) in [5.74, 6) is 2.23. The third kappa shape index (κ3) is 3.00. The van der Waals surface area contributed by atoms with Gasteiger partial charge in [-0.2, -0.15) is 0 Å². The number of carbonyl (C=O) groups excluding carboxylic acids is 1. The molecule has 0 N–H and O–H groups in total. The van der Waals surface area contributed by atoms with E-state index in [0.29, 0.717) is 12.0 Å². The maximum absolute atomic E-state index is 13.0. The second-order valence-corrected chi connectivity index (χ2v) is 7.77. The molecule has 0 saturated carbocycles. The van der Waals surface area contributed by atoms with Crippen LogP contribution in [-0.2, 0) is 6.54 Å². The van der Waals surface area contributed by atoms with E-state index < -0.39 is 0 Å². The van der Waals surface area contributed by atoms with Gasteiger partial charge >= 0.3 is 0 Å². The van der Waals surface area contributed by atoms with Crippen molar-refractivity contribution in [3.63, 3.8) is 0 Å². The monoisotopic (exact) mass is 345 g/mol. The van der Waals surface area contributed by atoms with Crippen LogP contribution in [0.15, 0.2) is 21.4 Å². The molecule has 1 amide bonds. The SMILES string of the molecule is Cc1cc(C(=O)N2C[C@H]3CC[C@@H]2CN(Cc2cscn2)C3)c(C)o1. The maximum atomic E-state index is 13.0. The van der Waals surface area contributed by atoms with Crippen molar-refractivity contribution in [2.75, 3.05) is 19.6 Å². The molecule has 2 bridgehead atoms. The Labute approximate surface area is 146 Å². The average molecular weight is 345 g/mol. The van der Waals surface area contributed by atoms with Crippen molar-refractivity contribution in [3.05, 3.63) is 39.7 Å². The second kappa shape index (κ2) is 6.33. The molecule has 3 saturated heterocycles. The van der Waals surface area contributed by atoms with Crippen molar-refractivity contribution in [2.24, 2.45) is 5.92 Å². The lowest BCUT2D eigenvalue weighted by Crippen LogP contribution is -2.47. The van der Waals surface area contributed by atoms with E-state index >= 15 is 0 Å². The lowest BCUT2D eigenvalue weighted by molar-refractivity contribution is 0.0583. The molecule has 0 radical (unpaired) electrons. The molecule has 0 unspecified atom stereocenters. The minimum absolute atomic E-state index is 0.134. The third-order valence-electron chi connectivity index (χ3n) is 5.19. The van der Waals surface area contributed by atoms with Crippen LogP contribution in [-0.4, -0.2) is 46.4 Å². The lowest BCUT2D eigenvalue weighted by Gasteiger charge is -2.36. The fraction of sp³-hybridized carbons (Fsp3) is 0.556. The molecule has 6 heteroatoms. The number of hydrogen-bond acceptors (Lipinski definition) is 5. The molecule has 0 spiro atoms. The molecule has 3 aliphatic heterocycles. The summed E-state index contributed by atoms with van der Waals surface area (Å²) in [6.07, 6.45) is 2.31. The van der Waals surface area contributed by atoms with Gasteiger partial charge in [0, 0.05) is 37.6 Å². The van der Waals surface area contributed by atoms with Crippen LogP contribution >= 0.6 is 11.3 Å². The fourth-order valence-electron chi connectivity index (χ4n) is 4.10. The van der Waals surface area contributed by atoms with Crippen LogP contribution < -0.4 is 0 Å². The minimum atomic E-state index is 0.134. The van der Waals surface area contributed by atoms with Crippen molar-refractivity contribution in [3.8, 4) is 0 Å². The van der Waals surface area contributed by atoms with Crippen molar-refractivity contribution in [2.45, 2.75) is 39.3 Å². The number of aryl methyl sites for hydroxylation is 2. The van der Waals surface area contributed by atoms with E-state index in [0.717, 1.165) is 55.4 Å². The first kappa shape index (κ1) is 15.8. The number of fused-ring (bicyclic) bond motifs is 4. The van der Waals surface area contributed by atoms with E-state index in [1.807, 2.05) is 25.4 Å². The van der Waals surface area contributed by atoms with Gasteiger partial charge in [-0.1, -0.05) is 0 Å². The van der Waals surface area contributed by atoms with E-state index in [2.05, 4.69) is 20.2 Å². The molecule has 24 heavy (non-hydrogen) atoms. The van der Waals surface area contributed by atoms with Gasteiger partial charge in [0.25, 0.3) is 5.91 Å². The van der Waals surface area contributed by atoms with Crippen molar-refractivity contribution in [1.29, 1.82) is 0 Å². The number of rotatable bonds is 3. The number of thiazole rings is 1. The Morgan fingerprint density at radius 2 is 2.21 bits per heavy atom. The molecule has 2 aromatic rings. The first-order chi connectivity index (χ1) is 11.6. The summed E-state index contributed by atoms with van der Waals surface area (Å²) in [5.41, 5.74) is 3.76. The third-order valence-corrected chi connectivity index (χ3v) is 5.83. The molecule has 5 heterocycles. The first-order valence-electron chi connectivity index (χ1n) is 8.57. The second-order valence-electron chi connectivity index (χ2n) is 7.06. The Morgan fingerprint density at radius 1 is 1.33 bits per heavy atom. The van der Waals surface area contributed by atoms with Gasteiger partial charge in [0.2, 0.25) is 0 Å². The van der Waals surface area contributed by atoms with Gasteiger partial charge in [-0.3, -0.25) is 9.69 Å². The highest BCUT2D eigenvalue weighted by molar-refractivity contribution is 7.07. The number of amides is 1. The lowest BCUT2D eigenvalue weighted by atomic mass is 9.94. The Bertz CT molecular complexity index is 725. The van der Waals surface area contributed by atoms with Gasteiger partial charge in [-0.15, -0.1) is 11.3 Å². The summed E-state index contributed by atoms with van der Waals surface area (Å²) in [4.78, 5) is 22.0. The number of carbonyl (C=O) groups is 1. The van der Waals surface area contributed by atoms with Crippen LogP contribution in [0.4, 0.5) is 0 Å². The summed E-state index contributed by atoms with van der Waals surface area (Å²) in [5, 5.41) is 2.12. The highest BCUT2D eigenvalue weighted by Crippen LogP contribution is 2.30. The van der Waals surface area contributed by atoms with Crippen LogP contribution in [0.3, 0.4) is 0 Å². The number of hydrogen-bond donors (Lipinski definition) is 0. The molecular formula is C18H23N3O2S. The quantitative estimate of drug-likeness (QED) is 0.858. The summed E-state index contributed by atoms with van der Waals surface area (Å²) < 4.78 is 5.56. The van der Waals surface area contributed by atoms with Crippen LogP contribution in [0.1, 0.15) is 40.4 Å². The van der Waals surface area contributed by atoms with Gasteiger partial charge in [-0.05, 0) is 38.7 Å². The summed E-state index contributed by atoms with van der Waals surface area (Å²) in [6, 6.07) is 2.17. The fourth-order valence-corrected chi connectivity index (χ4v) is 4.65. The zero-order valence-corrected chi connectivity index (χ0v) is 15.0. The Kier molecular flexibility index (Phi) is 4.18. The van der Waals surface area contributed by atoms with E-state index in [1.165, 1.54) is 6.42 Å². The summed E-state index contributed by atoms with van der Waals surface area (Å²) in [7, 11) is 0. The Morgan fingerprint density at radius 3 is 2.92 bits per heavy atom. The van der Waals surface area contributed by atoms with Crippen molar-refractivity contribution >= 4 is 17.2 Å². The molecular weight excluding hydrogens is 322 g/mol. The zero-order valence-electron chi connectivity index (χ0n) is 14.2. The minimum Gasteiger partial charge on any atom is -0.466 e. The Balaban J connectivity index is 1.52. The van der Waals surface area contributed by atoms with Crippen molar-refractivity contribution < 1.29 is 9.21 Å². The van der Waals surface area contributed by atoms with E-state index in [-0.39, 0.29) is 5.91 Å². The molecule has 5 nitrogen and oxygen atoms in total. The molecule has 0 aliphatic carbocycles. The topological polar surface area (TPSA) is 49.6 Å². The standard InChI is InChI=1S/C18H23N3O2S/c1-12-5-17(13(2)23-12)18(22)21-7-14-3-4-16(21)9-20(6-14)8-15-10-24-11-19-15/h5,10-11,14,16H,3-4,6-9H2,1-2H3/t14-,16+/m0/s1. The first-order valence-corrected chi connectivity index (χ1v) is 9.52. The van der Waals surface area contributed by atoms with Crippen LogP contribution in [0.2, 0.25) is 0 Å². The normalized spacial score (nSPS) is 24.3. The predicted octanol–water partition coefficient (Wildman–Crippen LogP) is 3.09. The molecule has 128 valence electrons.